The Morgan fingerprint density at radius 3 is 2.75 bits per heavy atom. The summed E-state index contributed by atoms with van der Waals surface area (Å²) in [6.45, 7) is 2.68. The van der Waals surface area contributed by atoms with Gasteiger partial charge in [-0.2, -0.15) is 0 Å². The average Bonchev–Trinajstić information content (AvgIpc) is 3.14. The number of carbonyl (C=O) groups excluding carboxylic acids is 1. The Bertz CT molecular complexity index is 247. The summed E-state index contributed by atoms with van der Waals surface area (Å²) < 4.78 is 4.89. The second kappa shape index (κ2) is 5.15. The maximum Gasteiger partial charge on any atom is 0.233 e. The lowest BCUT2D eigenvalue weighted by atomic mass is 10.0. The van der Waals surface area contributed by atoms with Crippen LogP contribution in [0.5, 0.6) is 0 Å². The third-order valence-corrected chi connectivity index (χ3v) is 3.74. The summed E-state index contributed by atoms with van der Waals surface area (Å²) in [4.78, 5) is 11.5. The molecule has 0 unspecified atom stereocenters. The molecule has 0 aliphatic heterocycles. The zero-order valence-corrected chi connectivity index (χ0v) is 10.1. The van der Waals surface area contributed by atoms with E-state index in [1.165, 1.54) is 25.7 Å². The summed E-state index contributed by atoms with van der Waals surface area (Å²) in [7, 11) is 1.66. The van der Waals surface area contributed by atoms with Gasteiger partial charge < -0.3 is 15.4 Å². The van der Waals surface area contributed by atoms with Gasteiger partial charge in [-0.3, -0.25) is 4.79 Å². The Balaban J connectivity index is 1.54. The van der Waals surface area contributed by atoms with Gasteiger partial charge in [0.25, 0.3) is 0 Å². The molecule has 1 amide bonds. The van der Waals surface area contributed by atoms with Crippen LogP contribution >= 0.6 is 0 Å². The van der Waals surface area contributed by atoms with E-state index >= 15 is 0 Å². The molecule has 0 heterocycles. The van der Waals surface area contributed by atoms with E-state index in [-0.39, 0.29) is 5.91 Å². The quantitative estimate of drug-likeness (QED) is 0.594. The van der Waals surface area contributed by atoms with Crippen LogP contribution in [0, 0.1) is 11.3 Å². The highest BCUT2D eigenvalue weighted by molar-refractivity contribution is 5.78. The van der Waals surface area contributed by atoms with Crippen LogP contribution in [0.25, 0.3) is 0 Å². The molecule has 0 aromatic heterocycles. The van der Waals surface area contributed by atoms with Gasteiger partial charge in [0.15, 0.2) is 0 Å². The number of nitrogens with one attached hydrogen (secondary N) is 2. The van der Waals surface area contributed by atoms with E-state index in [1.807, 2.05) is 0 Å². The largest absolute Gasteiger partial charge is 0.383 e. The summed E-state index contributed by atoms with van der Waals surface area (Å²) in [6.07, 6.45) is 5.38. The third kappa shape index (κ3) is 3.19. The van der Waals surface area contributed by atoms with E-state index in [0.29, 0.717) is 18.6 Å². The minimum atomic E-state index is 0.114. The zero-order chi connectivity index (χ0) is 11.4. The van der Waals surface area contributed by atoms with Crippen molar-refractivity contribution in [1.82, 2.24) is 10.6 Å². The second-order valence-electron chi connectivity index (χ2n) is 5.08. The molecule has 2 N–H and O–H groups in total. The Labute approximate surface area is 97.1 Å². The SMILES string of the molecule is COCCNCC(=O)NCC1(C2CC2)CC1. The molecule has 4 nitrogen and oxygen atoms in total. The van der Waals surface area contributed by atoms with E-state index in [9.17, 15) is 4.79 Å². The summed E-state index contributed by atoms with van der Waals surface area (Å²) in [6, 6.07) is 0. The van der Waals surface area contributed by atoms with Gasteiger partial charge in [-0.1, -0.05) is 0 Å². The molecule has 0 saturated heterocycles. The predicted octanol–water partition coefficient (Wildman–Crippen LogP) is 0.529. The first-order chi connectivity index (χ1) is 7.77. The zero-order valence-electron chi connectivity index (χ0n) is 10.1. The third-order valence-electron chi connectivity index (χ3n) is 3.74. The molecule has 0 aromatic carbocycles. The van der Waals surface area contributed by atoms with Gasteiger partial charge in [-0.05, 0) is 37.0 Å². The fourth-order valence-electron chi connectivity index (χ4n) is 2.30. The molecular formula is C12H22N2O2. The van der Waals surface area contributed by atoms with Crippen molar-refractivity contribution < 1.29 is 9.53 Å². The van der Waals surface area contributed by atoms with Gasteiger partial charge in [0.1, 0.15) is 0 Å². The number of methoxy groups -OCH3 is 1. The predicted molar refractivity (Wildman–Crippen MR) is 62.1 cm³/mol. The monoisotopic (exact) mass is 226 g/mol. The number of hydrogen-bond acceptors (Lipinski definition) is 3. The summed E-state index contributed by atoms with van der Waals surface area (Å²) in [5.41, 5.74) is 0.502. The van der Waals surface area contributed by atoms with Gasteiger partial charge in [-0.25, -0.2) is 0 Å². The van der Waals surface area contributed by atoms with Crippen molar-refractivity contribution in [2.24, 2.45) is 11.3 Å². The lowest BCUT2D eigenvalue weighted by molar-refractivity contribution is -0.120. The summed E-state index contributed by atoms with van der Waals surface area (Å²) >= 11 is 0. The maximum absolute atomic E-state index is 11.5. The minimum Gasteiger partial charge on any atom is -0.383 e. The Kier molecular flexibility index (Phi) is 3.82. The smallest absolute Gasteiger partial charge is 0.233 e. The molecule has 92 valence electrons. The first kappa shape index (κ1) is 11.9. The van der Waals surface area contributed by atoms with Crippen molar-refractivity contribution in [3.8, 4) is 0 Å². The molecule has 0 bridgehead atoms. The van der Waals surface area contributed by atoms with E-state index in [0.717, 1.165) is 19.0 Å². The van der Waals surface area contributed by atoms with Gasteiger partial charge in [0.2, 0.25) is 5.91 Å². The Morgan fingerprint density at radius 2 is 2.19 bits per heavy atom. The summed E-state index contributed by atoms with van der Waals surface area (Å²) in [5.74, 6) is 1.03. The fraction of sp³-hybridized carbons (Fsp3) is 0.917. The first-order valence-electron chi connectivity index (χ1n) is 6.23. The van der Waals surface area contributed by atoms with Gasteiger partial charge in [-0.15, -0.1) is 0 Å². The van der Waals surface area contributed by atoms with E-state index < -0.39 is 0 Å². The number of amides is 1. The van der Waals surface area contributed by atoms with Crippen molar-refractivity contribution in [3.63, 3.8) is 0 Å². The molecule has 16 heavy (non-hydrogen) atoms. The van der Waals surface area contributed by atoms with E-state index in [4.69, 9.17) is 4.74 Å². The second-order valence-corrected chi connectivity index (χ2v) is 5.08. The van der Waals surface area contributed by atoms with Crippen molar-refractivity contribution in [2.45, 2.75) is 25.7 Å². The highest BCUT2D eigenvalue weighted by Crippen LogP contribution is 2.60. The number of hydrogen-bond donors (Lipinski definition) is 2. The molecule has 0 radical (unpaired) electrons. The van der Waals surface area contributed by atoms with E-state index in [1.54, 1.807) is 7.11 Å². The van der Waals surface area contributed by atoms with Crippen molar-refractivity contribution in [3.05, 3.63) is 0 Å². The van der Waals surface area contributed by atoms with Gasteiger partial charge in [0, 0.05) is 20.2 Å². The van der Waals surface area contributed by atoms with Crippen molar-refractivity contribution in [2.75, 3.05) is 33.4 Å². The van der Waals surface area contributed by atoms with Crippen LogP contribution in [-0.2, 0) is 9.53 Å². The first-order valence-corrected chi connectivity index (χ1v) is 6.23. The van der Waals surface area contributed by atoms with Gasteiger partial charge in [0.05, 0.1) is 13.2 Å². The number of carbonyl (C=O) groups is 1. The maximum atomic E-state index is 11.5. The molecular weight excluding hydrogens is 204 g/mol. The lowest BCUT2D eigenvalue weighted by Crippen LogP contribution is -2.38. The molecule has 2 aliphatic carbocycles. The normalized spacial score (nSPS) is 21.8. The fourth-order valence-corrected chi connectivity index (χ4v) is 2.30. The molecule has 2 fully saturated rings. The lowest BCUT2D eigenvalue weighted by Gasteiger charge is -2.15. The topological polar surface area (TPSA) is 50.4 Å². The van der Waals surface area contributed by atoms with Crippen LogP contribution in [0.2, 0.25) is 0 Å². The van der Waals surface area contributed by atoms with E-state index in [2.05, 4.69) is 10.6 Å². The van der Waals surface area contributed by atoms with Crippen LogP contribution in [-0.4, -0.2) is 39.3 Å². The number of rotatable bonds is 8. The molecule has 0 atom stereocenters. The highest BCUT2D eigenvalue weighted by Gasteiger charge is 2.53. The van der Waals surface area contributed by atoms with Crippen LogP contribution in [0.1, 0.15) is 25.7 Å². The van der Waals surface area contributed by atoms with Crippen LogP contribution in [0.4, 0.5) is 0 Å². The molecule has 2 aliphatic rings. The molecule has 4 heteroatoms. The minimum absolute atomic E-state index is 0.114. The standard InChI is InChI=1S/C12H22N2O2/c1-16-7-6-13-8-11(15)14-9-12(4-5-12)10-2-3-10/h10,13H,2-9H2,1H3,(H,14,15). The molecule has 0 aromatic rings. The number of ether oxygens (including phenoxy) is 1. The Morgan fingerprint density at radius 1 is 1.44 bits per heavy atom. The van der Waals surface area contributed by atoms with Crippen LogP contribution < -0.4 is 10.6 Å². The average molecular weight is 226 g/mol. The van der Waals surface area contributed by atoms with Gasteiger partial charge >= 0.3 is 0 Å². The highest BCUT2D eigenvalue weighted by atomic mass is 16.5. The molecule has 0 spiro atoms. The van der Waals surface area contributed by atoms with Crippen molar-refractivity contribution in [1.29, 1.82) is 0 Å². The van der Waals surface area contributed by atoms with Crippen molar-refractivity contribution >= 4 is 5.91 Å². The molecule has 2 rings (SSSR count). The van der Waals surface area contributed by atoms with Crippen LogP contribution in [0.3, 0.4) is 0 Å². The summed E-state index contributed by atoms with van der Waals surface area (Å²) in [5, 5.41) is 6.09. The molecule has 2 saturated carbocycles. The Hall–Kier alpha value is -0.610. The van der Waals surface area contributed by atoms with Crippen LogP contribution in [0.15, 0.2) is 0 Å².